The van der Waals surface area contributed by atoms with Gasteiger partial charge in [-0.1, -0.05) is 44.6 Å². The standard InChI is InChI=1S/C26H36N4O4/c31-22-15-14-21(24(32)29-22)30-25(33)19-12-9-13-20(23(19)26(30)34)28-17-8-3-1-2-7-16-27-18-10-5-4-6-11-18/h9,12-13,18,21,27-28H,1-8,10-11,14-17H2,(H,29,31,32). The number of imide groups is 2. The molecule has 3 N–H and O–H groups in total. The van der Waals surface area contributed by atoms with E-state index >= 15 is 0 Å². The number of fused-ring (bicyclic) bond motifs is 1. The highest BCUT2D eigenvalue weighted by Gasteiger charge is 2.45. The number of carbonyl (C=O) groups excluding carboxylic acids is 4. The van der Waals surface area contributed by atoms with E-state index < -0.39 is 23.8 Å². The number of amides is 4. The van der Waals surface area contributed by atoms with Crippen LogP contribution in [0.3, 0.4) is 0 Å². The van der Waals surface area contributed by atoms with Gasteiger partial charge in [-0.05, 0) is 50.8 Å². The van der Waals surface area contributed by atoms with Gasteiger partial charge >= 0.3 is 0 Å². The Morgan fingerprint density at radius 1 is 0.853 bits per heavy atom. The minimum Gasteiger partial charge on any atom is -0.384 e. The quantitative estimate of drug-likeness (QED) is 0.340. The third kappa shape index (κ3) is 5.66. The van der Waals surface area contributed by atoms with Gasteiger partial charge in [0.2, 0.25) is 11.8 Å². The zero-order valence-corrected chi connectivity index (χ0v) is 19.9. The average Bonchev–Trinajstić information content (AvgIpc) is 3.09. The first kappa shape index (κ1) is 24.4. The van der Waals surface area contributed by atoms with Gasteiger partial charge in [0.15, 0.2) is 0 Å². The van der Waals surface area contributed by atoms with Crippen molar-refractivity contribution in [3.63, 3.8) is 0 Å². The Hall–Kier alpha value is -2.74. The predicted molar refractivity (Wildman–Crippen MR) is 130 cm³/mol. The third-order valence-electron chi connectivity index (χ3n) is 7.18. The summed E-state index contributed by atoms with van der Waals surface area (Å²) in [6.45, 7) is 1.83. The summed E-state index contributed by atoms with van der Waals surface area (Å²) >= 11 is 0. The van der Waals surface area contributed by atoms with Crippen LogP contribution in [-0.4, -0.2) is 53.7 Å². The largest absolute Gasteiger partial charge is 0.384 e. The molecule has 3 aliphatic rings. The van der Waals surface area contributed by atoms with E-state index in [0.717, 1.165) is 36.9 Å². The van der Waals surface area contributed by atoms with E-state index in [9.17, 15) is 19.2 Å². The number of unbranched alkanes of at least 4 members (excludes halogenated alkanes) is 4. The van der Waals surface area contributed by atoms with Gasteiger partial charge in [0.05, 0.1) is 11.1 Å². The number of nitrogens with one attached hydrogen (secondary N) is 3. The van der Waals surface area contributed by atoms with Crippen LogP contribution < -0.4 is 16.0 Å². The van der Waals surface area contributed by atoms with E-state index in [0.29, 0.717) is 16.8 Å². The Morgan fingerprint density at radius 3 is 2.35 bits per heavy atom. The van der Waals surface area contributed by atoms with Crippen molar-refractivity contribution in [3.05, 3.63) is 29.3 Å². The molecule has 2 heterocycles. The van der Waals surface area contributed by atoms with Gasteiger partial charge in [-0.2, -0.15) is 0 Å². The number of rotatable bonds is 11. The molecule has 1 aromatic rings. The minimum atomic E-state index is -0.939. The lowest BCUT2D eigenvalue weighted by Crippen LogP contribution is -2.54. The molecule has 2 fully saturated rings. The maximum Gasteiger partial charge on any atom is 0.264 e. The lowest BCUT2D eigenvalue weighted by atomic mass is 9.95. The molecule has 2 aliphatic heterocycles. The number of nitrogens with zero attached hydrogens (tertiary/aromatic N) is 1. The minimum absolute atomic E-state index is 0.117. The normalized spacial score (nSPS) is 21.1. The maximum atomic E-state index is 13.1. The second-order valence-electron chi connectivity index (χ2n) is 9.66. The first-order valence-electron chi connectivity index (χ1n) is 12.9. The average molecular weight is 469 g/mol. The molecule has 0 radical (unpaired) electrons. The maximum absolute atomic E-state index is 13.1. The van der Waals surface area contributed by atoms with E-state index in [1.165, 1.54) is 51.4 Å². The molecule has 1 aromatic carbocycles. The lowest BCUT2D eigenvalue weighted by Gasteiger charge is -2.27. The van der Waals surface area contributed by atoms with Gasteiger partial charge in [-0.25, -0.2) is 0 Å². The summed E-state index contributed by atoms with van der Waals surface area (Å²) in [6, 6.07) is 4.96. The van der Waals surface area contributed by atoms with Gasteiger partial charge < -0.3 is 10.6 Å². The van der Waals surface area contributed by atoms with Crippen molar-refractivity contribution in [2.45, 2.75) is 89.1 Å². The third-order valence-corrected chi connectivity index (χ3v) is 7.18. The Morgan fingerprint density at radius 2 is 1.59 bits per heavy atom. The highest BCUT2D eigenvalue weighted by atomic mass is 16.2. The molecule has 4 amide bonds. The van der Waals surface area contributed by atoms with Crippen molar-refractivity contribution in [2.24, 2.45) is 0 Å². The summed E-state index contributed by atoms with van der Waals surface area (Å²) in [5.74, 6) is -1.90. The first-order valence-corrected chi connectivity index (χ1v) is 12.9. The van der Waals surface area contributed by atoms with Crippen LogP contribution in [0.1, 0.15) is 97.8 Å². The van der Waals surface area contributed by atoms with Gasteiger partial charge in [0, 0.05) is 24.7 Å². The first-order chi connectivity index (χ1) is 16.6. The summed E-state index contributed by atoms with van der Waals surface area (Å²) in [6.07, 6.45) is 12.8. The fourth-order valence-corrected chi connectivity index (χ4v) is 5.28. The number of hydrogen-bond donors (Lipinski definition) is 3. The zero-order valence-electron chi connectivity index (χ0n) is 19.9. The highest BCUT2D eigenvalue weighted by Crippen LogP contribution is 2.32. The smallest absolute Gasteiger partial charge is 0.264 e. The van der Waals surface area contributed by atoms with Gasteiger partial charge in [0.25, 0.3) is 11.8 Å². The number of benzene rings is 1. The molecule has 8 heteroatoms. The molecule has 1 saturated carbocycles. The summed E-state index contributed by atoms with van der Waals surface area (Å²) < 4.78 is 0. The van der Waals surface area contributed by atoms with Crippen molar-refractivity contribution in [2.75, 3.05) is 18.4 Å². The fourth-order valence-electron chi connectivity index (χ4n) is 5.28. The molecule has 4 rings (SSSR count). The second-order valence-corrected chi connectivity index (χ2v) is 9.66. The van der Waals surface area contributed by atoms with Crippen molar-refractivity contribution in [3.8, 4) is 0 Å². The molecule has 1 unspecified atom stereocenters. The Labute approximate surface area is 201 Å². The van der Waals surface area contributed by atoms with Crippen LogP contribution >= 0.6 is 0 Å². The number of anilines is 1. The lowest BCUT2D eigenvalue weighted by molar-refractivity contribution is -0.136. The van der Waals surface area contributed by atoms with Crippen molar-refractivity contribution in [1.29, 1.82) is 0 Å². The van der Waals surface area contributed by atoms with Crippen LogP contribution in [0.4, 0.5) is 5.69 Å². The van der Waals surface area contributed by atoms with Crippen molar-refractivity contribution >= 4 is 29.3 Å². The Bertz CT molecular complexity index is 925. The molecule has 0 bridgehead atoms. The van der Waals surface area contributed by atoms with E-state index in [2.05, 4.69) is 16.0 Å². The van der Waals surface area contributed by atoms with Crippen LogP contribution in [0.25, 0.3) is 0 Å². The number of carbonyl (C=O) groups is 4. The van der Waals surface area contributed by atoms with Crippen molar-refractivity contribution < 1.29 is 19.2 Å². The van der Waals surface area contributed by atoms with Crippen LogP contribution in [0.5, 0.6) is 0 Å². The molecular weight excluding hydrogens is 432 g/mol. The summed E-state index contributed by atoms with van der Waals surface area (Å²) in [4.78, 5) is 50.7. The second kappa shape index (κ2) is 11.6. The van der Waals surface area contributed by atoms with Gasteiger partial charge in [-0.3, -0.25) is 29.4 Å². The van der Waals surface area contributed by atoms with Crippen LogP contribution in [-0.2, 0) is 9.59 Å². The molecular formula is C26H36N4O4. The predicted octanol–water partition coefficient (Wildman–Crippen LogP) is 3.37. The van der Waals surface area contributed by atoms with Gasteiger partial charge in [0.1, 0.15) is 6.04 Å². The molecule has 1 saturated heterocycles. The topological polar surface area (TPSA) is 108 Å². The van der Waals surface area contributed by atoms with Crippen LogP contribution in [0.2, 0.25) is 0 Å². The fraction of sp³-hybridized carbons (Fsp3) is 0.615. The summed E-state index contributed by atoms with van der Waals surface area (Å²) in [5, 5.41) is 9.24. The SMILES string of the molecule is O=C1CCC(N2C(=O)c3cccc(NCCCCCCCNC4CCCCC4)c3C2=O)C(=O)N1. The Balaban J connectivity index is 1.20. The molecule has 184 valence electrons. The molecule has 8 nitrogen and oxygen atoms in total. The van der Waals surface area contributed by atoms with Crippen LogP contribution in [0.15, 0.2) is 18.2 Å². The monoisotopic (exact) mass is 468 g/mol. The van der Waals surface area contributed by atoms with Crippen LogP contribution in [0, 0.1) is 0 Å². The van der Waals surface area contributed by atoms with E-state index in [-0.39, 0.29) is 18.7 Å². The molecule has 1 atom stereocenters. The highest BCUT2D eigenvalue weighted by molar-refractivity contribution is 6.25. The molecule has 1 aliphatic carbocycles. The van der Waals surface area contributed by atoms with E-state index in [4.69, 9.17) is 0 Å². The molecule has 34 heavy (non-hydrogen) atoms. The summed E-state index contributed by atoms with van der Waals surface area (Å²) in [5.41, 5.74) is 1.26. The zero-order chi connectivity index (χ0) is 23.9. The van der Waals surface area contributed by atoms with E-state index in [1.807, 2.05) is 0 Å². The number of hydrogen-bond acceptors (Lipinski definition) is 6. The molecule has 0 aromatic heterocycles. The summed E-state index contributed by atoms with van der Waals surface area (Å²) in [7, 11) is 0. The Kier molecular flexibility index (Phi) is 8.32. The molecule has 0 spiro atoms. The van der Waals surface area contributed by atoms with Crippen molar-refractivity contribution in [1.82, 2.24) is 15.5 Å². The number of piperidine rings is 1. The van der Waals surface area contributed by atoms with Gasteiger partial charge in [-0.15, -0.1) is 0 Å². The van der Waals surface area contributed by atoms with E-state index in [1.54, 1.807) is 18.2 Å².